The Morgan fingerprint density at radius 2 is 2.10 bits per heavy atom. The van der Waals surface area contributed by atoms with Crippen LogP contribution >= 0.6 is 0 Å². The van der Waals surface area contributed by atoms with Crippen LogP contribution in [0.5, 0.6) is 5.75 Å². The Bertz CT molecular complexity index is 408. The van der Waals surface area contributed by atoms with Crippen molar-refractivity contribution in [2.45, 2.75) is 20.4 Å². The van der Waals surface area contributed by atoms with Crippen LogP contribution in [0, 0.1) is 0 Å². The summed E-state index contributed by atoms with van der Waals surface area (Å²) in [7, 11) is 1.69. The first-order valence-corrected chi connectivity index (χ1v) is 7.03. The fraction of sp³-hybridized carbons (Fsp3) is 0.533. The highest BCUT2D eigenvalue weighted by molar-refractivity contribution is 5.79. The molecule has 0 amide bonds. The van der Waals surface area contributed by atoms with Gasteiger partial charge in [0.2, 0.25) is 0 Å². The summed E-state index contributed by atoms with van der Waals surface area (Å²) in [5.74, 6) is 1.68. The number of hydrogen-bond acceptors (Lipinski definition) is 3. The number of rotatable bonds is 8. The molecule has 0 saturated carbocycles. The van der Waals surface area contributed by atoms with E-state index in [1.807, 2.05) is 38.1 Å². The molecule has 0 unspecified atom stereocenters. The lowest BCUT2D eigenvalue weighted by Crippen LogP contribution is -2.38. The summed E-state index contributed by atoms with van der Waals surface area (Å²) in [6.07, 6.45) is 0. The molecule has 0 aliphatic carbocycles. The van der Waals surface area contributed by atoms with Gasteiger partial charge in [-0.05, 0) is 31.5 Å². The zero-order valence-electron chi connectivity index (χ0n) is 12.6. The molecule has 0 aromatic heterocycles. The lowest BCUT2D eigenvalue weighted by Gasteiger charge is -2.11. The molecule has 0 bridgehead atoms. The molecule has 112 valence electrons. The molecule has 1 rings (SSSR count). The number of guanidine groups is 1. The third-order valence-electron chi connectivity index (χ3n) is 2.57. The van der Waals surface area contributed by atoms with Crippen molar-refractivity contribution in [3.63, 3.8) is 0 Å². The van der Waals surface area contributed by atoms with Gasteiger partial charge in [0.15, 0.2) is 5.96 Å². The number of nitrogens with zero attached hydrogens (tertiary/aromatic N) is 1. The minimum atomic E-state index is 0.614. The SMILES string of the molecule is CCNC(=NCc1cccc(OCC)c1)NCCOC. The average molecular weight is 279 g/mol. The van der Waals surface area contributed by atoms with Gasteiger partial charge in [0.1, 0.15) is 5.75 Å². The van der Waals surface area contributed by atoms with E-state index in [2.05, 4.69) is 15.6 Å². The topological polar surface area (TPSA) is 54.9 Å². The van der Waals surface area contributed by atoms with E-state index in [4.69, 9.17) is 9.47 Å². The molecule has 20 heavy (non-hydrogen) atoms. The molecular weight excluding hydrogens is 254 g/mol. The van der Waals surface area contributed by atoms with Crippen molar-refractivity contribution < 1.29 is 9.47 Å². The zero-order chi connectivity index (χ0) is 14.6. The molecule has 0 heterocycles. The molecule has 0 aliphatic rings. The lowest BCUT2D eigenvalue weighted by molar-refractivity contribution is 0.203. The van der Waals surface area contributed by atoms with Gasteiger partial charge in [-0.25, -0.2) is 4.99 Å². The van der Waals surface area contributed by atoms with Gasteiger partial charge in [-0.15, -0.1) is 0 Å². The molecule has 1 aromatic rings. The maximum atomic E-state index is 5.48. The molecule has 1 aromatic carbocycles. The molecule has 0 radical (unpaired) electrons. The number of ether oxygens (including phenoxy) is 2. The monoisotopic (exact) mass is 279 g/mol. The maximum Gasteiger partial charge on any atom is 0.191 e. The summed E-state index contributed by atoms with van der Waals surface area (Å²) in [5, 5.41) is 6.42. The van der Waals surface area contributed by atoms with E-state index in [9.17, 15) is 0 Å². The van der Waals surface area contributed by atoms with Crippen molar-refractivity contribution in [1.29, 1.82) is 0 Å². The first kappa shape index (κ1) is 16.3. The molecule has 5 heteroatoms. The van der Waals surface area contributed by atoms with Gasteiger partial charge < -0.3 is 20.1 Å². The van der Waals surface area contributed by atoms with Crippen molar-refractivity contribution in [3.8, 4) is 5.75 Å². The van der Waals surface area contributed by atoms with Crippen LogP contribution in [-0.2, 0) is 11.3 Å². The highest BCUT2D eigenvalue weighted by atomic mass is 16.5. The molecule has 0 saturated heterocycles. The van der Waals surface area contributed by atoms with Crippen molar-refractivity contribution in [1.82, 2.24) is 10.6 Å². The number of nitrogens with one attached hydrogen (secondary N) is 2. The number of methoxy groups -OCH3 is 1. The normalized spacial score (nSPS) is 11.2. The Balaban J connectivity index is 2.58. The van der Waals surface area contributed by atoms with Gasteiger partial charge in [0.05, 0.1) is 19.8 Å². The van der Waals surface area contributed by atoms with Gasteiger partial charge in [-0.1, -0.05) is 12.1 Å². The Morgan fingerprint density at radius 1 is 1.25 bits per heavy atom. The van der Waals surface area contributed by atoms with Crippen LogP contribution in [0.15, 0.2) is 29.3 Å². The van der Waals surface area contributed by atoms with Crippen molar-refractivity contribution >= 4 is 5.96 Å². The van der Waals surface area contributed by atoms with Gasteiger partial charge >= 0.3 is 0 Å². The van der Waals surface area contributed by atoms with E-state index in [-0.39, 0.29) is 0 Å². The fourth-order valence-corrected chi connectivity index (χ4v) is 1.68. The second-order valence-electron chi connectivity index (χ2n) is 4.20. The van der Waals surface area contributed by atoms with E-state index >= 15 is 0 Å². The van der Waals surface area contributed by atoms with Crippen molar-refractivity contribution in [3.05, 3.63) is 29.8 Å². The third-order valence-corrected chi connectivity index (χ3v) is 2.57. The minimum absolute atomic E-state index is 0.614. The summed E-state index contributed by atoms with van der Waals surface area (Å²) in [4.78, 5) is 4.54. The Morgan fingerprint density at radius 3 is 2.80 bits per heavy atom. The molecule has 0 fully saturated rings. The Kier molecular flexibility index (Phi) is 8.22. The Hall–Kier alpha value is -1.75. The minimum Gasteiger partial charge on any atom is -0.494 e. The smallest absolute Gasteiger partial charge is 0.191 e. The lowest BCUT2D eigenvalue weighted by atomic mass is 10.2. The van der Waals surface area contributed by atoms with Crippen molar-refractivity contribution in [2.24, 2.45) is 4.99 Å². The second kappa shape index (κ2) is 10.1. The van der Waals surface area contributed by atoms with Crippen LogP contribution < -0.4 is 15.4 Å². The van der Waals surface area contributed by atoms with Gasteiger partial charge in [0.25, 0.3) is 0 Å². The van der Waals surface area contributed by atoms with Crippen LogP contribution in [0.1, 0.15) is 19.4 Å². The maximum absolute atomic E-state index is 5.48. The average Bonchev–Trinajstić information content (AvgIpc) is 2.46. The predicted octanol–water partition coefficient (Wildman–Crippen LogP) is 1.79. The summed E-state index contributed by atoms with van der Waals surface area (Å²) in [6.45, 7) is 7.54. The first-order chi connectivity index (χ1) is 9.80. The molecule has 0 atom stereocenters. The Labute approximate surface area is 121 Å². The summed E-state index contributed by atoms with van der Waals surface area (Å²) < 4.78 is 10.5. The summed E-state index contributed by atoms with van der Waals surface area (Å²) >= 11 is 0. The van der Waals surface area contributed by atoms with E-state index in [1.165, 1.54) is 0 Å². The quantitative estimate of drug-likeness (QED) is 0.433. The van der Waals surface area contributed by atoms with E-state index < -0.39 is 0 Å². The number of hydrogen-bond donors (Lipinski definition) is 2. The van der Waals surface area contributed by atoms with Crippen molar-refractivity contribution in [2.75, 3.05) is 33.4 Å². The predicted molar refractivity (Wildman–Crippen MR) is 82.3 cm³/mol. The van der Waals surface area contributed by atoms with E-state index in [0.717, 1.165) is 30.4 Å². The third kappa shape index (κ3) is 6.43. The highest BCUT2D eigenvalue weighted by Crippen LogP contribution is 2.13. The van der Waals surface area contributed by atoms with Crippen LogP contribution in [0.2, 0.25) is 0 Å². The molecule has 5 nitrogen and oxygen atoms in total. The largest absolute Gasteiger partial charge is 0.494 e. The number of benzene rings is 1. The van der Waals surface area contributed by atoms with E-state index in [1.54, 1.807) is 7.11 Å². The molecule has 2 N–H and O–H groups in total. The highest BCUT2D eigenvalue weighted by Gasteiger charge is 1.98. The molecular formula is C15H25N3O2. The van der Waals surface area contributed by atoms with Crippen LogP contribution in [0.3, 0.4) is 0 Å². The van der Waals surface area contributed by atoms with E-state index in [0.29, 0.717) is 19.8 Å². The first-order valence-electron chi connectivity index (χ1n) is 7.03. The van der Waals surface area contributed by atoms with Crippen LogP contribution in [0.4, 0.5) is 0 Å². The second-order valence-corrected chi connectivity index (χ2v) is 4.20. The van der Waals surface area contributed by atoms with Crippen LogP contribution in [-0.4, -0.2) is 39.4 Å². The summed E-state index contributed by atoms with van der Waals surface area (Å²) in [5.41, 5.74) is 1.12. The van der Waals surface area contributed by atoms with Gasteiger partial charge in [-0.3, -0.25) is 0 Å². The standard InChI is InChI=1S/C15H25N3O2/c1-4-16-15(17-9-10-19-3)18-12-13-7-6-8-14(11-13)20-5-2/h6-8,11H,4-5,9-10,12H2,1-3H3,(H2,16,17,18). The summed E-state index contributed by atoms with van der Waals surface area (Å²) in [6, 6.07) is 8.01. The van der Waals surface area contributed by atoms with Gasteiger partial charge in [0, 0.05) is 20.2 Å². The molecule has 0 aliphatic heterocycles. The molecule has 0 spiro atoms. The van der Waals surface area contributed by atoms with Gasteiger partial charge in [-0.2, -0.15) is 0 Å². The zero-order valence-corrected chi connectivity index (χ0v) is 12.6. The van der Waals surface area contributed by atoms with Crippen LogP contribution in [0.25, 0.3) is 0 Å². The fourth-order valence-electron chi connectivity index (χ4n) is 1.68. The number of aliphatic imine (C=N–C) groups is 1.